The second-order valence-electron chi connectivity index (χ2n) is 27.8. The maximum atomic E-state index is 13.4. The van der Waals surface area contributed by atoms with Gasteiger partial charge in [0, 0.05) is 6.42 Å². The van der Waals surface area contributed by atoms with Crippen LogP contribution in [0.2, 0.25) is 0 Å². The van der Waals surface area contributed by atoms with Crippen LogP contribution in [0.15, 0.2) is 97.2 Å². The first-order valence-corrected chi connectivity index (χ1v) is 40.0. The normalized spacial score (nSPS) is 22.7. The van der Waals surface area contributed by atoms with E-state index in [1.807, 2.05) is 6.08 Å². The van der Waals surface area contributed by atoms with Crippen LogP contribution in [0.5, 0.6) is 0 Å². The van der Waals surface area contributed by atoms with Crippen molar-refractivity contribution in [2.24, 2.45) is 0 Å². The van der Waals surface area contributed by atoms with E-state index in [-0.39, 0.29) is 18.9 Å². The van der Waals surface area contributed by atoms with Gasteiger partial charge in [0.15, 0.2) is 12.6 Å². The van der Waals surface area contributed by atoms with Crippen LogP contribution in [0.25, 0.3) is 0 Å². The number of rotatable bonds is 66. The zero-order valence-corrected chi connectivity index (χ0v) is 61.6. The van der Waals surface area contributed by atoms with Crippen molar-refractivity contribution in [3.8, 4) is 0 Å². The Morgan fingerprint density at radius 3 is 1.09 bits per heavy atom. The average molecular weight is 1370 g/mol. The predicted octanol–water partition coefficient (Wildman–Crippen LogP) is 18.1. The van der Waals surface area contributed by atoms with Gasteiger partial charge in [-0.15, -0.1) is 0 Å². The van der Waals surface area contributed by atoms with Crippen LogP contribution in [-0.2, 0) is 23.7 Å². The Hall–Kier alpha value is -3.09. The highest BCUT2D eigenvalue weighted by Gasteiger charge is 2.51. The summed E-state index contributed by atoms with van der Waals surface area (Å²) in [5.74, 6) is -0.240. The third-order valence-electron chi connectivity index (χ3n) is 19.0. The molecule has 2 aliphatic heterocycles. The Morgan fingerprint density at radius 1 is 0.381 bits per heavy atom. The summed E-state index contributed by atoms with van der Waals surface area (Å²) in [5, 5.41) is 87.7. The van der Waals surface area contributed by atoms with Crippen LogP contribution in [-0.4, -0.2) is 140 Å². The van der Waals surface area contributed by atoms with E-state index in [0.29, 0.717) is 6.42 Å². The van der Waals surface area contributed by atoms with Gasteiger partial charge < -0.3 is 65.1 Å². The number of hydrogen-bond donors (Lipinski definition) is 9. The van der Waals surface area contributed by atoms with E-state index >= 15 is 0 Å². The summed E-state index contributed by atoms with van der Waals surface area (Å²) in [6.45, 7) is 2.73. The lowest BCUT2D eigenvalue weighted by Crippen LogP contribution is -2.65. The molecule has 0 bridgehead atoms. The Bertz CT molecular complexity index is 2000. The summed E-state index contributed by atoms with van der Waals surface area (Å²) in [5.41, 5.74) is 0. The fraction of sp³-hybridized carbons (Fsp3) is 0.795. The number of allylic oxidation sites excluding steroid dienone is 15. The molecular formula is C83H147NO13. The molecule has 2 heterocycles. The standard InChI is InChI=1S/C83H147NO13/c1-3-5-7-9-11-13-15-17-19-21-23-25-27-29-31-33-34-35-36-37-38-39-41-43-45-47-49-51-53-55-57-59-61-63-65-67-75(88)84-71(70-94-82-80(93)78(91)81(74(69-86)96-82)97-83-79(92)77(90)76(89)73(68-85)95-83)72(87)66-64-62-60-58-56-54-52-50-48-46-44-42-40-32-30-28-26-24-22-20-18-16-14-12-10-8-6-4-2/h5,7,11,13,17,19,23,25,29,31,34-35,37-38,64,66,71-74,76-83,85-87,89-93H,3-4,6,8-10,12,14-16,18,20-22,24,26-28,30,32-33,36,39-63,65,67-70H2,1-2H3,(H,84,88)/b7-5-,13-11-,19-17-,25-23-,31-29-,35-34-,38-37-,66-64+. The molecule has 9 N–H and O–H groups in total. The Balaban J connectivity index is 1.63. The highest BCUT2D eigenvalue weighted by molar-refractivity contribution is 5.76. The van der Waals surface area contributed by atoms with Gasteiger partial charge >= 0.3 is 0 Å². The van der Waals surface area contributed by atoms with Crippen LogP contribution in [0.1, 0.15) is 328 Å². The molecule has 12 atom stereocenters. The van der Waals surface area contributed by atoms with Gasteiger partial charge in [0.05, 0.1) is 32.0 Å². The van der Waals surface area contributed by atoms with Crippen molar-refractivity contribution in [3.63, 3.8) is 0 Å². The van der Waals surface area contributed by atoms with Crippen molar-refractivity contribution < 1.29 is 64.6 Å². The molecule has 0 aromatic carbocycles. The van der Waals surface area contributed by atoms with Crippen molar-refractivity contribution in [3.05, 3.63) is 97.2 Å². The predicted molar refractivity (Wildman–Crippen MR) is 401 cm³/mol. The molecule has 0 spiro atoms. The molecule has 97 heavy (non-hydrogen) atoms. The van der Waals surface area contributed by atoms with E-state index in [4.69, 9.17) is 18.9 Å². The molecule has 12 unspecified atom stereocenters. The number of amides is 1. The molecule has 0 aromatic rings. The number of hydrogen-bond acceptors (Lipinski definition) is 13. The van der Waals surface area contributed by atoms with Crippen molar-refractivity contribution >= 4 is 5.91 Å². The van der Waals surface area contributed by atoms with E-state index in [9.17, 15) is 45.6 Å². The molecule has 14 nitrogen and oxygen atoms in total. The minimum atomic E-state index is -1.79. The minimum absolute atomic E-state index is 0.240. The first kappa shape index (κ1) is 90.0. The molecule has 2 aliphatic rings. The quantitative estimate of drug-likeness (QED) is 0.0204. The zero-order valence-electron chi connectivity index (χ0n) is 61.6. The molecule has 2 rings (SSSR count). The summed E-state index contributed by atoms with van der Waals surface area (Å²) < 4.78 is 22.9. The van der Waals surface area contributed by atoms with Crippen LogP contribution in [0.3, 0.4) is 0 Å². The van der Waals surface area contributed by atoms with Gasteiger partial charge in [0.2, 0.25) is 5.91 Å². The second kappa shape index (κ2) is 66.2. The second-order valence-corrected chi connectivity index (χ2v) is 27.8. The van der Waals surface area contributed by atoms with Gasteiger partial charge in [-0.25, -0.2) is 0 Å². The topological polar surface area (TPSA) is 228 Å². The number of carbonyl (C=O) groups is 1. The Labute approximate surface area is 592 Å². The van der Waals surface area contributed by atoms with Gasteiger partial charge in [-0.2, -0.15) is 0 Å². The van der Waals surface area contributed by atoms with Gasteiger partial charge in [0.25, 0.3) is 0 Å². The minimum Gasteiger partial charge on any atom is -0.394 e. The third kappa shape index (κ3) is 49.2. The number of unbranched alkanes of at least 4 members (excludes halogenated alkanes) is 39. The van der Waals surface area contributed by atoms with Crippen molar-refractivity contribution in [1.82, 2.24) is 5.32 Å². The molecule has 2 fully saturated rings. The fourth-order valence-corrected chi connectivity index (χ4v) is 12.7. The molecule has 2 saturated heterocycles. The first-order chi connectivity index (χ1) is 47.6. The van der Waals surface area contributed by atoms with E-state index in [0.717, 1.165) is 89.9 Å². The largest absolute Gasteiger partial charge is 0.394 e. The van der Waals surface area contributed by atoms with Gasteiger partial charge in [0.1, 0.15) is 48.8 Å². The summed E-state index contributed by atoms with van der Waals surface area (Å²) in [4.78, 5) is 13.4. The maximum absolute atomic E-state index is 13.4. The summed E-state index contributed by atoms with van der Waals surface area (Å²) in [6, 6.07) is -0.923. The first-order valence-electron chi connectivity index (χ1n) is 40.0. The molecular weight excluding hydrogens is 1220 g/mol. The summed E-state index contributed by atoms with van der Waals surface area (Å²) >= 11 is 0. The molecule has 0 radical (unpaired) electrons. The van der Waals surface area contributed by atoms with Crippen LogP contribution in [0.4, 0.5) is 0 Å². The van der Waals surface area contributed by atoms with Crippen LogP contribution >= 0.6 is 0 Å². The highest BCUT2D eigenvalue weighted by atomic mass is 16.7. The lowest BCUT2D eigenvalue weighted by molar-refractivity contribution is -0.359. The summed E-state index contributed by atoms with van der Waals surface area (Å²) in [6.07, 6.45) is 77.6. The van der Waals surface area contributed by atoms with E-state index in [1.165, 1.54) is 212 Å². The lowest BCUT2D eigenvalue weighted by atomic mass is 9.97. The smallest absolute Gasteiger partial charge is 0.220 e. The number of carbonyl (C=O) groups excluding carboxylic acids is 1. The Morgan fingerprint density at radius 2 is 0.711 bits per heavy atom. The average Bonchev–Trinajstić information content (AvgIpc) is 0.793. The zero-order chi connectivity index (χ0) is 70.1. The SMILES string of the molecule is CC/C=C\C/C=C\C/C=C\C/C=C\C/C=C\C/C=C\C/C=C\CCCCCCCCCCCCCCCC(=O)NC(COC1OC(CO)C(OC2OC(CO)C(O)C(O)C2O)C(O)C1O)C(O)/C=C/CCCCCCCCCCCCCCCCCCCCCCCCCCCC. The van der Waals surface area contributed by atoms with Gasteiger partial charge in [-0.3, -0.25) is 4.79 Å². The molecule has 562 valence electrons. The molecule has 0 aliphatic carbocycles. The lowest BCUT2D eigenvalue weighted by Gasteiger charge is -2.46. The summed E-state index contributed by atoms with van der Waals surface area (Å²) in [7, 11) is 0. The van der Waals surface area contributed by atoms with Crippen molar-refractivity contribution in [1.29, 1.82) is 0 Å². The number of aliphatic hydroxyl groups is 8. The molecule has 0 aromatic heterocycles. The monoisotopic (exact) mass is 1370 g/mol. The van der Waals surface area contributed by atoms with Crippen molar-refractivity contribution in [2.75, 3.05) is 19.8 Å². The van der Waals surface area contributed by atoms with Gasteiger partial charge in [-0.05, 0) is 77.0 Å². The highest BCUT2D eigenvalue weighted by Crippen LogP contribution is 2.30. The maximum Gasteiger partial charge on any atom is 0.220 e. The van der Waals surface area contributed by atoms with Gasteiger partial charge in [-0.1, -0.05) is 342 Å². The Kier molecular flexibility index (Phi) is 61.4. The van der Waals surface area contributed by atoms with Crippen LogP contribution in [0, 0.1) is 0 Å². The molecule has 0 saturated carbocycles. The third-order valence-corrected chi connectivity index (χ3v) is 19.0. The molecule has 14 heteroatoms. The number of nitrogens with one attached hydrogen (secondary N) is 1. The van der Waals surface area contributed by atoms with E-state index in [2.05, 4.69) is 104 Å². The van der Waals surface area contributed by atoms with E-state index < -0.39 is 86.8 Å². The van der Waals surface area contributed by atoms with Crippen molar-refractivity contribution in [2.45, 2.75) is 402 Å². The van der Waals surface area contributed by atoms with Crippen LogP contribution < -0.4 is 5.32 Å². The fourth-order valence-electron chi connectivity index (χ4n) is 12.7. The number of ether oxygens (including phenoxy) is 4. The van der Waals surface area contributed by atoms with E-state index in [1.54, 1.807) is 6.08 Å². The molecule has 1 amide bonds. The number of aliphatic hydroxyl groups excluding tert-OH is 8.